The molecule has 4 fully saturated rings. The Hall–Kier alpha value is -1.21. The minimum atomic E-state index is -0.819. The Morgan fingerprint density at radius 1 is 0.765 bits per heavy atom. The molecule has 4 aliphatic heterocycles. The summed E-state index contributed by atoms with van der Waals surface area (Å²) in [6, 6.07) is 0. The maximum atomic E-state index is 10.1. The van der Waals surface area contributed by atoms with Gasteiger partial charge in [-0.05, 0) is 58.3 Å². The Labute approximate surface area is 298 Å². The first-order chi connectivity index (χ1) is 24.8. The van der Waals surface area contributed by atoms with Crippen LogP contribution in [0.5, 0.6) is 0 Å². The molecule has 4 heterocycles. The van der Waals surface area contributed by atoms with Gasteiger partial charge in [0.25, 0.3) is 0 Å². The lowest BCUT2D eigenvalue weighted by Crippen LogP contribution is -2.52. The zero-order valence-corrected chi connectivity index (χ0v) is 29.7. The summed E-state index contributed by atoms with van der Waals surface area (Å²) in [5.41, 5.74) is -0.803. The molecule has 0 amide bonds. The number of rotatable bonds is 22. The first-order valence-electron chi connectivity index (χ1n) is 17.5. The topological polar surface area (TPSA) is 222 Å². The largest absolute Gasteiger partial charge is 0.458 e. The van der Waals surface area contributed by atoms with Gasteiger partial charge in [0, 0.05) is 26.7 Å². The van der Waals surface area contributed by atoms with Gasteiger partial charge in [0.05, 0.1) is 50.3 Å². The monoisotopic (exact) mass is 743 g/mol. The molecule has 19 heteroatoms. The summed E-state index contributed by atoms with van der Waals surface area (Å²) in [6.07, 6.45) is 0.0674. The minimum absolute atomic E-state index is 0.143. The van der Waals surface area contributed by atoms with Crippen LogP contribution in [-0.4, -0.2) is 162 Å². The SMILES string of the molecule is COCC1CCC(OOO)[C@@H](OCC2CCC(CN=COCO)[C@@H](OCC3(C)CCC(OCOCO)[C@@H](OCC4CCC(O)[C@@H](OC)O4)O3)O2)O1. The second-order valence-electron chi connectivity index (χ2n) is 13.2. The molecule has 0 aromatic heterocycles. The van der Waals surface area contributed by atoms with Crippen molar-refractivity contribution in [2.24, 2.45) is 10.9 Å². The van der Waals surface area contributed by atoms with Crippen molar-refractivity contribution in [1.29, 1.82) is 0 Å². The predicted octanol–water partition coefficient (Wildman–Crippen LogP) is 0.810. The lowest BCUT2D eigenvalue weighted by Gasteiger charge is -2.44. The van der Waals surface area contributed by atoms with Crippen molar-refractivity contribution in [2.75, 3.05) is 67.6 Å². The van der Waals surface area contributed by atoms with Crippen LogP contribution in [0.15, 0.2) is 4.99 Å². The molecule has 0 aromatic carbocycles. The molecule has 0 spiro atoms. The maximum absolute atomic E-state index is 10.1. The van der Waals surface area contributed by atoms with E-state index < -0.39 is 62.7 Å². The van der Waals surface area contributed by atoms with Crippen molar-refractivity contribution in [2.45, 2.75) is 126 Å². The second-order valence-corrected chi connectivity index (χ2v) is 13.2. The molecular weight excluding hydrogens is 686 g/mol. The maximum Gasteiger partial charge on any atom is 0.187 e. The van der Waals surface area contributed by atoms with Crippen LogP contribution in [0.2, 0.25) is 0 Å². The van der Waals surface area contributed by atoms with E-state index >= 15 is 0 Å². The first-order valence-corrected chi connectivity index (χ1v) is 17.5. The van der Waals surface area contributed by atoms with Gasteiger partial charge in [0.1, 0.15) is 31.9 Å². The van der Waals surface area contributed by atoms with Crippen LogP contribution < -0.4 is 0 Å². The normalized spacial score (nSPS) is 37.9. The molecule has 0 bridgehead atoms. The Morgan fingerprint density at radius 2 is 1.47 bits per heavy atom. The molecule has 4 saturated heterocycles. The molecular formula is C32H57NO18. The lowest BCUT2D eigenvalue weighted by atomic mass is 9.94. The summed E-state index contributed by atoms with van der Waals surface area (Å²) in [6.45, 7) is 1.99. The quantitative estimate of drug-likeness (QED) is 0.0301. The first kappa shape index (κ1) is 42.5. The fourth-order valence-electron chi connectivity index (χ4n) is 6.50. The zero-order valence-electron chi connectivity index (χ0n) is 29.7. The van der Waals surface area contributed by atoms with E-state index in [1.165, 1.54) is 13.5 Å². The van der Waals surface area contributed by atoms with E-state index in [0.29, 0.717) is 64.5 Å². The summed E-state index contributed by atoms with van der Waals surface area (Å²) in [7, 11) is 3.07. The van der Waals surface area contributed by atoms with Gasteiger partial charge in [-0.3, -0.25) is 4.99 Å². The number of ether oxygens (including phenoxy) is 12. The summed E-state index contributed by atoms with van der Waals surface area (Å²) < 4.78 is 69.6. The van der Waals surface area contributed by atoms with Crippen LogP contribution in [0, 0.1) is 5.92 Å². The molecule has 51 heavy (non-hydrogen) atoms. The van der Waals surface area contributed by atoms with Crippen molar-refractivity contribution in [1.82, 2.24) is 0 Å². The fraction of sp³-hybridized carbons (Fsp3) is 0.969. The Kier molecular flexibility index (Phi) is 19.1. The number of hydrogen-bond acceptors (Lipinski definition) is 19. The highest BCUT2D eigenvalue weighted by atomic mass is 17.5. The molecule has 0 aliphatic carbocycles. The molecule has 0 radical (unpaired) electrons. The van der Waals surface area contributed by atoms with Crippen molar-refractivity contribution >= 4 is 6.40 Å². The van der Waals surface area contributed by atoms with Gasteiger partial charge < -0.3 is 72.2 Å². The second kappa shape index (κ2) is 22.9. The Morgan fingerprint density at radius 3 is 2.20 bits per heavy atom. The van der Waals surface area contributed by atoms with E-state index in [2.05, 4.69) is 10.0 Å². The third-order valence-corrected chi connectivity index (χ3v) is 9.28. The number of nitrogens with zero attached hydrogens (tertiary/aromatic N) is 1. The van der Waals surface area contributed by atoms with Gasteiger partial charge in [-0.25, -0.2) is 5.26 Å². The Bertz CT molecular complexity index is 969. The summed E-state index contributed by atoms with van der Waals surface area (Å²) in [5, 5.41) is 40.9. The molecule has 4 aliphatic rings. The third kappa shape index (κ3) is 13.9. The molecule has 4 rings (SSSR count). The zero-order chi connectivity index (χ0) is 36.5. The van der Waals surface area contributed by atoms with Gasteiger partial charge in [-0.1, -0.05) is 5.04 Å². The van der Waals surface area contributed by atoms with Crippen molar-refractivity contribution < 1.29 is 87.3 Å². The highest BCUT2D eigenvalue weighted by Crippen LogP contribution is 2.35. The third-order valence-electron chi connectivity index (χ3n) is 9.28. The van der Waals surface area contributed by atoms with Crippen LogP contribution in [0.25, 0.3) is 0 Å². The number of hydrogen-bond donors (Lipinski definition) is 4. The van der Waals surface area contributed by atoms with E-state index in [1.54, 1.807) is 7.11 Å². The minimum Gasteiger partial charge on any atom is -0.458 e. The molecule has 4 N–H and O–H groups in total. The molecule has 0 saturated carbocycles. The molecule has 298 valence electrons. The summed E-state index contributed by atoms with van der Waals surface area (Å²) in [5.74, 6) is -0.144. The van der Waals surface area contributed by atoms with E-state index in [0.717, 1.165) is 0 Å². The predicted molar refractivity (Wildman–Crippen MR) is 170 cm³/mol. The van der Waals surface area contributed by atoms with Crippen LogP contribution in [0.1, 0.15) is 58.3 Å². The van der Waals surface area contributed by atoms with E-state index in [-0.39, 0.29) is 50.8 Å². The lowest BCUT2D eigenvalue weighted by molar-refractivity contribution is -0.522. The fourth-order valence-corrected chi connectivity index (χ4v) is 6.50. The molecule has 0 aromatic rings. The van der Waals surface area contributed by atoms with Gasteiger partial charge in [-0.15, -0.1) is 0 Å². The van der Waals surface area contributed by atoms with Crippen LogP contribution in [-0.2, 0) is 66.8 Å². The van der Waals surface area contributed by atoms with Crippen LogP contribution >= 0.6 is 0 Å². The van der Waals surface area contributed by atoms with Gasteiger partial charge in [0.15, 0.2) is 38.4 Å². The van der Waals surface area contributed by atoms with Crippen LogP contribution in [0.4, 0.5) is 0 Å². The smallest absolute Gasteiger partial charge is 0.187 e. The highest BCUT2D eigenvalue weighted by Gasteiger charge is 2.43. The van der Waals surface area contributed by atoms with E-state index in [4.69, 9.17) is 77.2 Å². The van der Waals surface area contributed by atoms with Gasteiger partial charge in [0.2, 0.25) is 0 Å². The van der Waals surface area contributed by atoms with Crippen molar-refractivity contribution in [3.63, 3.8) is 0 Å². The number of methoxy groups -OCH3 is 2. The average Bonchev–Trinajstić information content (AvgIpc) is 3.13. The van der Waals surface area contributed by atoms with Crippen molar-refractivity contribution in [3.8, 4) is 0 Å². The average molecular weight is 744 g/mol. The number of aliphatic hydroxyl groups is 3. The summed E-state index contributed by atoms with van der Waals surface area (Å²) in [4.78, 5) is 9.24. The molecule has 19 nitrogen and oxygen atoms in total. The van der Waals surface area contributed by atoms with Gasteiger partial charge in [-0.2, -0.15) is 4.89 Å². The molecule has 8 unspecified atom stereocenters. The summed E-state index contributed by atoms with van der Waals surface area (Å²) >= 11 is 0. The standard InChI is InChI=1S/C32H57NO18/c1-32(11-10-26(45-20-41-19-35)31(49-32)43-15-24-6-8-25(36)29(39-3)47-24)16-44-28-21(12-33-17-40-18-34)4-5-23(46-28)14-42-30-27(50-51-37)9-7-22(48-30)13-38-2/h17,21-31,34-37H,4-16,18-20H2,1-3H3/t21?,22?,23?,24?,25?,26?,27?,28-,29-,30-,31-,32?/m0/s1. The number of aliphatic imine (C=N–C) groups is 1. The molecule has 12 atom stereocenters. The van der Waals surface area contributed by atoms with Crippen molar-refractivity contribution in [3.05, 3.63) is 0 Å². The Balaban J connectivity index is 1.36. The number of aliphatic hydroxyl groups excluding tert-OH is 3. The van der Waals surface area contributed by atoms with E-state index in [1.807, 2.05) is 6.92 Å². The van der Waals surface area contributed by atoms with Gasteiger partial charge >= 0.3 is 0 Å². The van der Waals surface area contributed by atoms with Crippen LogP contribution in [0.3, 0.4) is 0 Å². The van der Waals surface area contributed by atoms with E-state index in [9.17, 15) is 5.11 Å². The highest BCUT2D eigenvalue weighted by molar-refractivity contribution is 5.45.